The summed E-state index contributed by atoms with van der Waals surface area (Å²) in [5.74, 6) is 1.89. The smallest absolute Gasteiger partial charge is 0.397 e. The number of nitrogens with one attached hydrogen (secondary N) is 2. The molecule has 1 saturated heterocycles. The lowest BCUT2D eigenvalue weighted by Gasteiger charge is -2.38. The van der Waals surface area contributed by atoms with E-state index in [4.69, 9.17) is 9.72 Å². The highest BCUT2D eigenvalue weighted by atomic mass is 19.4. The Kier molecular flexibility index (Phi) is 8.39. The van der Waals surface area contributed by atoms with Crippen molar-refractivity contribution in [3.8, 4) is 17.0 Å². The molecule has 0 spiro atoms. The SMILES string of the molecule is COc1c(NCC2CC2)ncnc1-c1ccc2nc(Cc3cc(C(C)N4CCN(C(=O)CC(F)(F)F)CC4)ccn3)[nH]c2c1. The number of piperazine rings is 1. The molecule has 1 unspecified atom stereocenters. The van der Waals surface area contributed by atoms with E-state index < -0.39 is 18.5 Å². The molecule has 3 aromatic heterocycles. The van der Waals surface area contributed by atoms with Crippen LogP contribution in [0.2, 0.25) is 0 Å². The second-order valence-corrected chi connectivity index (χ2v) is 11.5. The van der Waals surface area contributed by atoms with E-state index in [1.807, 2.05) is 30.3 Å². The second-order valence-electron chi connectivity index (χ2n) is 11.5. The Morgan fingerprint density at radius 2 is 1.91 bits per heavy atom. The lowest BCUT2D eigenvalue weighted by atomic mass is 10.1. The fraction of sp³-hybridized carbons (Fsp3) is 0.452. The van der Waals surface area contributed by atoms with Crippen LogP contribution in [0.1, 0.15) is 49.3 Å². The van der Waals surface area contributed by atoms with Gasteiger partial charge in [0.15, 0.2) is 11.6 Å². The molecule has 2 N–H and O–H groups in total. The maximum atomic E-state index is 12.6. The van der Waals surface area contributed by atoms with Gasteiger partial charge in [0.25, 0.3) is 0 Å². The van der Waals surface area contributed by atoms with Crippen molar-refractivity contribution in [2.75, 3.05) is 45.2 Å². The molecule has 10 nitrogen and oxygen atoms in total. The van der Waals surface area contributed by atoms with E-state index in [0.717, 1.165) is 40.2 Å². The van der Waals surface area contributed by atoms with Gasteiger partial charge in [-0.15, -0.1) is 0 Å². The first-order valence-electron chi connectivity index (χ1n) is 14.8. The molecule has 1 amide bonds. The number of methoxy groups -OCH3 is 1. The molecule has 1 atom stereocenters. The van der Waals surface area contributed by atoms with Crippen molar-refractivity contribution in [1.29, 1.82) is 0 Å². The van der Waals surface area contributed by atoms with Gasteiger partial charge >= 0.3 is 6.18 Å². The summed E-state index contributed by atoms with van der Waals surface area (Å²) in [7, 11) is 1.62. The lowest BCUT2D eigenvalue weighted by molar-refractivity contribution is -0.162. The van der Waals surface area contributed by atoms with Crippen molar-refractivity contribution in [1.82, 2.24) is 34.7 Å². The van der Waals surface area contributed by atoms with Crippen LogP contribution < -0.4 is 10.1 Å². The third-order valence-electron chi connectivity index (χ3n) is 8.31. The molecule has 1 saturated carbocycles. The van der Waals surface area contributed by atoms with E-state index in [1.165, 1.54) is 17.7 Å². The highest BCUT2D eigenvalue weighted by Gasteiger charge is 2.35. The molecule has 0 radical (unpaired) electrons. The maximum Gasteiger partial charge on any atom is 0.397 e. The molecule has 2 fully saturated rings. The first-order valence-corrected chi connectivity index (χ1v) is 14.8. The summed E-state index contributed by atoms with van der Waals surface area (Å²) in [6.07, 6.45) is 0.385. The molecule has 1 aliphatic carbocycles. The normalized spacial score (nSPS) is 16.7. The van der Waals surface area contributed by atoms with Gasteiger partial charge in [-0.3, -0.25) is 14.7 Å². The molecule has 0 bridgehead atoms. The summed E-state index contributed by atoms with van der Waals surface area (Å²) in [6.45, 7) is 4.48. The number of carbonyl (C=O) groups excluding carboxylic acids is 1. The Morgan fingerprint density at radius 3 is 2.64 bits per heavy atom. The number of aromatic amines is 1. The van der Waals surface area contributed by atoms with Crippen molar-refractivity contribution in [3.05, 3.63) is 59.9 Å². The fourth-order valence-corrected chi connectivity index (χ4v) is 5.63. The van der Waals surface area contributed by atoms with Crippen LogP contribution in [0.25, 0.3) is 22.3 Å². The van der Waals surface area contributed by atoms with Crippen LogP contribution in [0.5, 0.6) is 5.75 Å². The summed E-state index contributed by atoms with van der Waals surface area (Å²) in [6, 6.07) is 9.93. The first kappa shape index (κ1) is 29.8. The summed E-state index contributed by atoms with van der Waals surface area (Å²) >= 11 is 0. The Balaban J connectivity index is 1.12. The van der Waals surface area contributed by atoms with E-state index in [2.05, 4.69) is 37.1 Å². The molecule has 13 heteroatoms. The number of amides is 1. The molecular weight excluding hydrogens is 573 g/mol. The number of anilines is 1. The minimum Gasteiger partial charge on any atom is -0.491 e. The number of hydrogen-bond donors (Lipinski definition) is 2. The van der Waals surface area contributed by atoms with Gasteiger partial charge in [0.05, 0.1) is 18.1 Å². The van der Waals surface area contributed by atoms with E-state index in [-0.39, 0.29) is 19.1 Å². The third kappa shape index (κ3) is 6.93. The number of fused-ring (bicyclic) bond motifs is 1. The number of ether oxygens (including phenoxy) is 1. The quantitative estimate of drug-likeness (QED) is 0.259. The first-order chi connectivity index (χ1) is 21.2. The van der Waals surface area contributed by atoms with Gasteiger partial charge in [-0.2, -0.15) is 13.2 Å². The summed E-state index contributed by atoms with van der Waals surface area (Å²) in [5, 5.41) is 3.39. The number of pyridine rings is 1. The van der Waals surface area contributed by atoms with Crippen molar-refractivity contribution < 1.29 is 22.7 Å². The van der Waals surface area contributed by atoms with Crippen molar-refractivity contribution in [2.45, 2.75) is 44.8 Å². The van der Waals surface area contributed by atoms with Gasteiger partial charge in [0.2, 0.25) is 5.91 Å². The van der Waals surface area contributed by atoms with E-state index in [0.29, 0.717) is 42.7 Å². The minimum atomic E-state index is -4.49. The molecule has 6 rings (SSSR count). The average Bonchev–Trinajstić information content (AvgIpc) is 3.76. The Bertz CT molecular complexity index is 1630. The van der Waals surface area contributed by atoms with E-state index in [9.17, 15) is 18.0 Å². The summed E-state index contributed by atoms with van der Waals surface area (Å²) in [5.41, 5.74) is 5.17. The van der Waals surface area contributed by atoms with Gasteiger partial charge in [0, 0.05) is 62.6 Å². The highest BCUT2D eigenvalue weighted by Crippen LogP contribution is 2.36. The molecule has 2 aliphatic rings. The van der Waals surface area contributed by atoms with Crippen LogP contribution >= 0.6 is 0 Å². The number of imidazole rings is 1. The van der Waals surface area contributed by atoms with Crippen molar-refractivity contribution in [2.24, 2.45) is 5.92 Å². The van der Waals surface area contributed by atoms with Crippen LogP contribution in [-0.4, -0.2) is 86.6 Å². The number of carbonyl (C=O) groups is 1. The van der Waals surface area contributed by atoms with Crippen LogP contribution in [0.3, 0.4) is 0 Å². The number of benzene rings is 1. The zero-order valence-electron chi connectivity index (χ0n) is 24.7. The van der Waals surface area contributed by atoms with Gasteiger partial charge in [0.1, 0.15) is 24.3 Å². The zero-order chi connectivity index (χ0) is 30.8. The van der Waals surface area contributed by atoms with Crippen molar-refractivity contribution in [3.63, 3.8) is 0 Å². The lowest BCUT2D eigenvalue weighted by Crippen LogP contribution is -2.50. The van der Waals surface area contributed by atoms with E-state index >= 15 is 0 Å². The van der Waals surface area contributed by atoms with Crippen LogP contribution in [0, 0.1) is 5.92 Å². The zero-order valence-corrected chi connectivity index (χ0v) is 24.7. The minimum absolute atomic E-state index is 0.0151. The number of H-pyrrole nitrogens is 1. The molecule has 44 heavy (non-hydrogen) atoms. The highest BCUT2D eigenvalue weighted by molar-refractivity contribution is 5.83. The van der Waals surface area contributed by atoms with Gasteiger partial charge < -0.3 is 19.9 Å². The van der Waals surface area contributed by atoms with E-state index in [1.54, 1.807) is 19.6 Å². The Hall–Kier alpha value is -4.26. The van der Waals surface area contributed by atoms with Gasteiger partial charge in [-0.25, -0.2) is 15.0 Å². The predicted molar refractivity (Wildman–Crippen MR) is 159 cm³/mol. The monoisotopic (exact) mass is 608 g/mol. The molecule has 232 valence electrons. The standard InChI is InChI=1S/C31H35F3N8O2/c1-19(41-9-11-42(12-10-41)27(43)16-31(32,33)34)21-7-8-35-23(13-21)15-26-39-24-6-5-22(14-25(24)40-26)28-29(44-2)30(38-18-37-28)36-17-20-3-4-20/h5-8,13-14,18-20H,3-4,9-12,15-17H2,1-2H3,(H,39,40)(H,36,37,38). The molecular formula is C31H35F3N8O2. The number of rotatable bonds is 10. The topological polar surface area (TPSA) is 112 Å². The molecule has 4 aromatic rings. The number of hydrogen-bond acceptors (Lipinski definition) is 8. The number of aromatic nitrogens is 5. The van der Waals surface area contributed by atoms with Crippen LogP contribution in [0.4, 0.5) is 19.0 Å². The Morgan fingerprint density at radius 1 is 1.11 bits per heavy atom. The predicted octanol–water partition coefficient (Wildman–Crippen LogP) is 4.99. The number of halogens is 3. The average molecular weight is 609 g/mol. The molecule has 1 aliphatic heterocycles. The van der Waals surface area contributed by atoms with Crippen LogP contribution in [0.15, 0.2) is 42.9 Å². The Labute approximate surface area is 253 Å². The van der Waals surface area contributed by atoms with Crippen molar-refractivity contribution >= 4 is 22.8 Å². The largest absolute Gasteiger partial charge is 0.491 e. The molecule has 1 aromatic carbocycles. The summed E-state index contributed by atoms with van der Waals surface area (Å²) < 4.78 is 43.6. The summed E-state index contributed by atoms with van der Waals surface area (Å²) in [4.78, 5) is 37.1. The third-order valence-corrected chi connectivity index (χ3v) is 8.31. The molecule has 4 heterocycles. The van der Waals surface area contributed by atoms with Gasteiger partial charge in [-0.05, 0) is 55.5 Å². The van der Waals surface area contributed by atoms with Crippen LogP contribution in [-0.2, 0) is 11.2 Å². The maximum absolute atomic E-state index is 12.6. The fourth-order valence-electron chi connectivity index (χ4n) is 5.63. The van der Waals surface area contributed by atoms with Gasteiger partial charge in [-0.1, -0.05) is 6.07 Å². The number of alkyl halides is 3. The number of nitrogens with zero attached hydrogens (tertiary/aromatic N) is 6. The second kappa shape index (κ2) is 12.4.